The molecule has 0 amide bonds. The summed E-state index contributed by atoms with van der Waals surface area (Å²) < 4.78 is 78.9. The van der Waals surface area contributed by atoms with Crippen LogP contribution >= 0.6 is 43.5 Å². The zero-order valence-corrected chi connectivity index (χ0v) is 44.4. The Bertz CT molecular complexity index is 3620. The summed E-state index contributed by atoms with van der Waals surface area (Å²) in [5, 5.41) is 5.20. The fourth-order valence-corrected chi connectivity index (χ4v) is 11.6. The maximum Gasteiger partial charge on any atom is 0.176 e. The molecular weight excluding hydrogens is 1070 g/mol. The summed E-state index contributed by atoms with van der Waals surface area (Å²) in [7, 11) is -6.94. The molecule has 6 heterocycles. The number of sulfone groups is 2. The number of nitrogens with one attached hydrogen (secondary N) is 1. The molecule has 1 N–H and O–H groups in total. The van der Waals surface area contributed by atoms with Crippen molar-refractivity contribution in [2.45, 2.75) is 62.2 Å². The Kier molecular flexibility index (Phi) is 13.6. The fourth-order valence-electron chi connectivity index (χ4n) is 8.88. The monoisotopic (exact) mass is 1110 g/mol. The van der Waals surface area contributed by atoms with E-state index in [-0.39, 0.29) is 20.6 Å². The molecule has 2 aliphatic heterocycles. The first-order valence-electron chi connectivity index (χ1n) is 21.6. The summed E-state index contributed by atoms with van der Waals surface area (Å²) in [6.45, 7) is 14.0. The molecule has 0 saturated heterocycles. The quantitative estimate of drug-likeness (QED) is 0.177. The lowest BCUT2D eigenvalue weighted by atomic mass is 9.91. The molecule has 0 aliphatic carbocycles. The molecule has 356 valence electrons. The highest BCUT2D eigenvalue weighted by Gasteiger charge is 2.39. The van der Waals surface area contributed by atoms with Gasteiger partial charge < -0.3 is 10.2 Å². The van der Waals surface area contributed by atoms with Gasteiger partial charge in [0.15, 0.2) is 19.7 Å². The fraction of sp³-hybridized carbons (Fsp3) is 0.231. The van der Waals surface area contributed by atoms with Crippen molar-refractivity contribution in [1.29, 1.82) is 0 Å². The standard InChI is InChI=1S/C26H23BrFN3O2S.C17H13ClFNO2S.C9H11BrN2/c1-15-23(19-7-5-6-8-22(19)34(4,32)33)30-20-12-17(28)9-10-18(20)24(15)31-14-26(2,3)25-21(31)11-16(27)13-29-25;1-10-16(18)12-8-7-11(19)9-14(12)20-17(10)13-5-3-4-6-15(13)23(2,21)22;1-9(2)5-12-7-3-6(10)4-11-8(7)9/h5-13H,14H2,1-4H3;3-9H,1-2H3;3-4,12H,5H2,1-2H3. The van der Waals surface area contributed by atoms with Gasteiger partial charge in [0.05, 0.1) is 65.7 Å². The Morgan fingerprint density at radius 1 is 0.652 bits per heavy atom. The maximum absolute atomic E-state index is 14.3. The zero-order chi connectivity index (χ0) is 50.0. The highest BCUT2D eigenvalue weighted by Crippen LogP contribution is 2.49. The molecule has 10 nitrogen and oxygen atoms in total. The number of anilines is 3. The van der Waals surface area contributed by atoms with E-state index in [9.17, 15) is 25.6 Å². The minimum absolute atomic E-state index is 0.169. The number of halogens is 5. The second-order valence-corrected chi connectivity index (χ2v) is 24.6. The van der Waals surface area contributed by atoms with E-state index in [1.54, 1.807) is 67.7 Å². The minimum Gasteiger partial charge on any atom is -0.383 e. The van der Waals surface area contributed by atoms with Crippen LogP contribution in [-0.2, 0) is 30.5 Å². The lowest BCUT2D eigenvalue weighted by Gasteiger charge is -2.27. The number of hydrogen-bond donors (Lipinski definition) is 1. The molecule has 4 aromatic heterocycles. The van der Waals surface area contributed by atoms with E-state index in [1.165, 1.54) is 42.3 Å². The molecule has 0 unspecified atom stereocenters. The Morgan fingerprint density at radius 3 is 1.71 bits per heavy atom. The first kappa shape index (κ1) is 50.0. The van der Waals surface area contributed by atoms with Gasteiger partial charge >= 0.3 is 0 Å². The SMILES string of the molecule is CC1(C)CNc2cc(Br)cnc21.Cc1c(-c2ccccc2S(C)(=O)=O)nc2cc(F)ccc2c1Cl.Cc1c(-c2ccccc2S(C)(=O)=O)nc2cc(F)ccc2c1N1CC(C)(C)c2ncc(Br)cc21. The van der Waals surface area contributed by atoms with E-state index in [2.05, 4.69) is 85.8 Å². The number of nitrogens with zero attached hydrogens (tertiary/aromatic N) is 5. The normalized spacial score (nSPS) is 14.6. The Hall–Kier alpha value is -5.39. The number of benzene rings is 4. The van der Waals surface area contributed by atoms with Crippen molar-refractivity contribution in [3.63, 3.8) is 0 Å². The summed E-state index contributed by atoms with van der Waals surface area (Å²) in [6.07, 6.45) is 5.98. The Balaban J connectivity index is 0.000000157. The van der Waals surface area contributed by atoms with Crippen LogP contribution in [0.5, 0.6) is 0 Å². The van der Waals surface area contributed by atoms with Gasteiger partial charge in [-0.15, -0.1) is 0 Å². The summed E-state index contributed by atoms with van der Waals surface area (Å²) >= 11 is 13.3. The smallest absolute Gasteiger partial charge is 0.176 e. The number of rotatable bonds is 5. The molecule has 0 spiro atoms. The second kappa shape index (κ2) is 18.7. The largest absolute Gasteiger partial charge is 0.383 e. The molecule has 4 aromatic carbocycles. The van der Waals surface area contributed by atoms with Crippen LogP contribution in [0.15, 0.2) is 128 Å². The first-order chi connectivity index (χ1) is 32.4. The minimum atomic E-state index is -3.51. The lowest BCUT2D eigenvalue weighted by Crippen LogP contribution is -2.26. The third-order valence-corrected chi connectivity index (χ3v) is 15.8. The van der Waals surface area contributed by atoms with Gasteiger partial charge in [0, 0.05) is 91.8 Å². The van der Waals surface area contributed by atoms with E-state index >= 15 is 0 Å². The maximum atomic E-state index is 14.3. The lowest BCUT2D eigenvalue weighted by molar-refractivity contribution is 0.554. The molecule has 0 bridgehead atoms. The Morgan fingerprint density at radius 2 is 1.14 bits per heavy atom. The summed E-state index contributed by atoms with van der Waals surface area (Å²) in [5.41, 5.74) is 9.34. The predicted octanol–water partition coefficient (Wildman–Crippen LogP) is 13.3. The number of aromatic nitrogens is 4. The summed E-state index contributed by atoms with van der Waals surface area (Å²) in [5.74, 6) is -0.823. The van der Waals surface area contributed by atoms with E-state index < -0.39 is 31.3 Å². The average molecular weight is 1120 g/mol. The van der Waals surface area contributed by atoms with Crippen LogP contribution in [0.3, 0.4) is 0 Å². The van der Waals surface area contributed by atoms with Crippen molar-refractivity contribution in [1.82, 2.24) is 19.9 Å². The molecule has 10 rings (SSSR count). The van der Waals surface area contributed by atoms with Gasteiger partial charge in [0.2, 0.25) is 0 Å². The van der Waals surface area contributed by atoms with Gasteiger partial charge in [-0.1, -0.05) is 75.7 Å². The van der Waals surface area contributed by atoms with Gasteiger partial charge in [-0.3, -0.25) is 9.97 Å². The third-order valence-electron chi connectivity index (χ3n) is 12.2. The van der Waals surface area contributed by atoms with Gasteiger partial charge in [-0.05, 0) is 105 Å². The van der Waals surface area contributed by atoms with E-state index in [1.807, 2.05) is 19.2 Å². The van der Waals surface area contributed by atoms with Crippen LogP contribution in [-0.4, -0.2) is 62.4 Å². The molecule has 69 heavy (non-hydrogen) atoms. The van der Waals surface area contributed by atoms with E-state index in [4.69, 9.17) is 21.6 Å². The number of fused-ring (bicyclic) bond motifs is 4. The molecule has 0 fully saturated rings. The van der Waals surface area contributed by atoms with Crippen molar-refractivity contribution in [3.8, 4) is 22.5 Å². The molecular formula is C52H47Br2ClF2N6O4S2. The van der Waals surface area contributed by atoms with E-state index in [0.717, 1.165) is 55.5 Å². The van der Waals surface area contributed by atoms with E-state index in [0.29, 0.717) is 56.1 Å². The second-order valence-electron chi connectivity index (χ2n) is 18.5. The van der Waals surface area contributed by atoms with Gasteiger partial charge in [0.1, 0.15) is 11.6 Å². The van der Waals surface area contributed by atoms with Gasteiger partial charge in [-0.25, -0.2) is 35.6 Å². The zero-order valence-electron chi connectivity index (χ0n) is 38.9. The molecule has 0 radical (unpaired) electrons. The third kappa shape index (κ3) is 10.0. The molecule has 0 saturated carbocycles. The van der Waals surface area contributed by atoms with Crippen molar-refractivity contribution < 1.29 is 25.6 Å². The van der Waals surface area contributed by atoms with Crippen LogP contribution < -0.4 is 10.2 Å². The van der Waals surface area contributed by atoms with Crippen molar-refractivity contribution in [2.75, 3.05) is 35.8 Å². The highest BCUT2D eigenvalue weighted by molar-refractivity contribution is 9.10. The van der Waals surface area contributed by atoms with Crippen molar-refractivity contribution >= 4 is 102 Å². The van der Waals surface area contributed by atoms with Crippen LogP contribution in [0.25, 0.3) is 44.3 Å². The molecule has 0 atom stereocenters. The summed E-state index contributed by atoms with van der Waals surface area (Å²) in [6, 6.07) is 26.2. The Labute approximate surface area is 422 Å². The first-order valence-corrected chi connectivity index (χ1v) is 27.4. The van der Waals surface area contributed by atoms with Crippen LogP contribution in [0.4, 0.5) is 25.8 Å². The molecule has 2 aliphatic rings. The topological polar surface area (TPSA) is 135 Å². The number of hydrogen-bond acceptors (Lipinski definition) is 10. The highest BCUT2D eigenvalue weighted by atomic mass is 79.9. The number of pyridine rings is 4. The van der Waals surface area contributed by atoms with Crippen LogP contribution in [0.1, 0.15) is 50.2 Å². The van der Waals surface area contributed by atoms with Gasteiger partial charge in [-0.2, -0.15) is 0 Å². The van der Waals surface area contributed by atoms with Gasteiger partial charge in [0.25, 0.3) is 0 Å². The van der Waals surface area contributed by atoms with Crippen LogP contribution in [0, 0.1) is 25.5 Å². The average Bonchev–Trinajstić information content (AvgIpc) is 3.73. The summed E-state index contributed by atoms with van der Waals surface area (Å²) in [4.78, 5) is 20.9. The van der Waals surface area contributed by atoms with Crippen molar-refractivity contribution in [2.24, 2.45) is 0 Å². The molecule has 8 aromatic rings. The van der Waals surface area contributed by atoms with Crippen molar-refractivity contribution in [3.05, 3.63) is 158 Å². The predicted molar refractivity (Wildman–Crippen MR) is 280 cm³/mol. The van der Waals surface area contributed by atoms with Crippen LogP contribution in [0.2, 0.25) is 5.02 Å². The molecule has 17 heteroatoms.